The Morgan fingerprint density at radius 3 is 2.26 bits per heavy atom. The monoisotopic (exact) mass is 372 g/mol. The number of likely N-dealkylation sites (tertiary alicyclic amines) is 2. The van der Waals surface area contributed by atoms with E-state index >= 15 is 0 Å². The maximum absolute atomic E-state index is 9.66. The van der Waals surface area contributed by atoms with E-state index in [2.05, 4.69) is 32.9 Å². The van der Waals surface area contributed by atoms with Gasteiger partial charge in [0.15, 0.2) is 0 Å². The van der Waals surface area contributed by atoms with Gasteiger partial charge in [0, 0.05) is 39.3 Å². The Kier molecular flexibility index (Phi) is 6.21. The molecule has 0 aliphatic carbocycles. The standard InChI is InChI=1S/C22H36N4O/c23-21-15-19(17-25-11-7-20(27)8-12-25)3-4-22(21)26-13-5-18(6-14-26)16-24-9-1-2-10-24/h3-4,15,18,20,27H,1-2,5-14,16-17,23H2. The summed E-state index contributed by atoms with van der Waals surface area (Å²) in [6.07, 6.45) is 7.02. The Morgan fingerprint density at radius 1 is 0.889 bits per heavy atom. The lowest BCUT2D eigenvalue weighted by Crippen LogP contribution is -2.38. The van der Waals surface area contributed by atoms with E-state index in [9.17, 15) is 5.11 Å². The molecule has 3 aliphatic heterocycles. The molecule has 3 heterocycles. The number of benzene rings is 1. The highest BCUT2D eigenvalue weighted by Gasteiger charge is 2.24. The van der Waals surface area contributed by atoms with Gasteiger partial charge in [-0.15, -0.1) is 0 Å². The predicted molar refractivity (Wildman–Crippen MR) is 112 cm³/mol. The SMILES string of the molecule is Nc1cc(CN2CCC(O)CC2)ccc1N1CCC(CN2CCCC2)CC1. The van der Waals surface area contributed by atoms with Gasteiger partial charge in [0.1, 0.15) is 0 Å². The van der Waals surface area contributed by atoms with Crippen LogP contribution in [-0.4, -0.2) is 66.8 Å². The molecule has 0 unspecified atom stereocenters. The van der Waals surface area contributed by atoms with Gasteiger partial charge < -0.3 is 20.6 Å². The molecule has 1 aromatic rings. The third-order valence-corrected chi connectivity index (χ3v) is 6.73. The van der Waals surface area contributed by atoms with Crippen molar-refractivity contribution in [3.05, 3.63) is 23.8 Å². The van der Waals surface area contributed by atoms with Crippen molar-refractivity contribution in [2.45, 2.75) is 51.2 Å². The molecule has 0 amide bonds. The fourth-order valence-electron chi connectivity index (χ4n) is 5.01. The second-order valence-electron chi connectivity index (χ2n) is 8.84. The van der Waals surface area contributed by atoms with Crippen molar-refractivity contribution >= 4 is 11.4 Å². The summed E-state index contributed by atoms with van der Waals surface area (Å²) in [5, 5.41) is 9.66. The molecular formula is C22H36N4O. The smallest absolute Gasteiger partial charge is 0.0600 e. The number of rotatable bonds is 5. The molecule has 3 fully saturated rings. The Hall–Kier alpha value is -1.30. The predicted octanol–water partition coefficient (Wildman–Crippen LogP) is 2.54. The molecule has 0 spiro atoms. The maximum atomic E-state index is 9.66. The van der Waals surface area contributed by atoms with Crippen molar-refractivity contribution in [3.63, 3.8) is 0 Å². The van der Waals surface area contributed by atoms with Gasteiger partial charge in [0.25, 0.3) is 0 Å². The van der Waals surface area contributed by atoms with Crippen LogP contribution < -0.4 is 10.6 Å². The highest BCUT2D eigenvalue weighted by atomic mass is 16.3. The van der Waals surface area contributed by atoms with E-state index in [1.165, 1.54) is 56.6 Å². The highest BCUT2D eigenvalue weighted by Crippen LogP contribution is 2.30. The van der Waals surface area contributed by atoms with E-state index in [0.717, 1.165) is 57.2 Å². The maximum Gasteiger partial charge on any atom is 0.0600 e. The van der Waals surface area contributed by atoms with E-state index in [-0.39, 0.29) is 6.10 Å². The zero-order chi connectivity index (χ0) is 18.6. The van der Waals surface area contributed by atoms with E-state index < -0.39 is 0 Å². The van der Waals surface area contributed by atoms with Gasteiger partial charge >= 0.3 is 0 Å². The number of nitrogens with zero attached hydrogens (tertiary/aromatic N) is 3. The minimum absolute atomic E-state index is 0.109. The average molecular weight is 373 g/mol. The first kappa shape index (κ1) is 19.0. The van der Waals surface area contributed by atoms with E-state index in [1.807, 2.05) is 0 Å². The fourth-order valence-corrected chi connectivity index (χ4v) is 5.01. The molecule has 5 heteroatoms. The van der Waals surface area contributed by atoms with Gasteiger partial charge in [-0.1, -0.05) is 6.07 Å². The first-order chi connectivity index (χ1) is 13.2. The summed E-state index contributed by atoms with van der Waals surface area (Å²) in [5.74, 6) is 0.856. The van der Waals surface area contributed by atoms with Crippen LogP contribution in [0.4, 0.5) is 11.4 Å². The summed E-state index contributed by atoms with van der Waals surface area (Å²) in [6.45, 7) is 9.08. The van der Waals surface area contributed by atoms with Gasteiger partial charge in [0.05, 0.1) is 17.5 Å². The van der Waals surface area contributed by atoms with Crippen LogP contribution in [0, 0.1) is 5.92 Å². The van der Waals surface area contributed by atoms with Gasteiger partial charge in [-0.25, -0.2) is 0 Å². The molecule has 1 aromatic carbocycles. The first-order valence-corrected chi connectivity index (χ1v) is 10.9. The molecule has 150 valence electrons. The lowest BCUT2D eigenvalue weighted by atomic mass is 9.95. The van der Waals surface area contributed by atoms with E-state index in [0.29, 0.717) is 0 Å². The van der Waals surface area contributed by atoms with Crippen LogP contribution in [0.25, 0.3) is 0 Å². The lowest BCUT2D eigenvalue weighted by Gasteiger charge is -2.36. The van der Waals surface area contributed by atoms with Crippen LogP contribution in [0.5, 0.6) is 0 Å². The van der Waals surface area contributed by atoms with Crippen LogP contribution in [0.3, 0.4) is 0 Å². The molecule has 0 bridgehead atoms. The Morgan fingerprint density at radius 2 is 1.59 bits per heavy atom. The molecule has 5 nitrogen and oxygen atoms in total. The molecule has 3 saturated heterocycles. The van der Waals surface area contributed by atoms with E-state index in [4.69, 9.17) is 5.73 Å². The molecule has 0 radical (unpaired) electrons. The van der Waals surface area contributed by atoms with Crippen LogP contribution in [0.15, 0.2) is 18.2 Å². The van der Waals surface area contributed by atoms with Crippen LogP contribution in [0.2, 0.25) is 0 Å². The fraction of sp³-hybridized carbons (Fsp3) is 0.727. The average Bonchev–Trinajstić information content (AvgIpc) is 3.18. The Bertz CT molecular complexity index is 600. The molecule has 0 aromatic heterocycles. The summed E-state index contributed by atoms with van der Waals surface area (Å²) in [6, 6.07) is 6.63. The zero-order valence-electron chi connectivity index (χ0n) is 16.7. The molecule has 27 heavy (non-hydrogen) atoms. The zero-order valence-corrected chi connectivity index (χ0v) is 16.7. The molecule has 4 rings (SSSR count). The largest absolute Gasteiger partial charge is 0.397 e. The molecule has 3 N–H and O–H groups in total. The molecule has 3 aliphatic rings. The van der Waals surface area contributed by atoms with Crippen LogP contribution in [-0.2, 0) is 6.54 Å². The molecular weight excluding hydrogens is 336 g/mol. The summed E-state index contributed by atoms with van der Waals surface area (Å²) < 4.78 is 0. The van der Waals surface area contributed by atoms with Crippen molar-refractivity contribution in [3.8, 4) is 0 Å². The topological polar surface area (TPSA) is 56.0 Å². The summed E-state index contributed by atoms with van der Waals surface area (Å²) in [5.41, 5.74) is 9.86. The second kappa shape index (κ2) is 8.80. The third kappa shape index (κ3) is 4.95. The van der Waals surface area contributed by atoms with Gasteiger partial charge in [-0.05, 0) is 75.2 Å². The summed E-state index contributed by atoms with van der Waals surface area (Å²) in [4.78, 5) is 7.56. The number of nitrogens with two attached hydrogens (primary N) is 1. The normalized spacial score (nSPS) is 24.0. The summed E-state index contributed by atoms with van der Waals surface area (Å²) in [7, 11) is 0. The minimum Gasteiger partial charge on any atom is -0.397 e. The number of anilines is 2. The third-order valence-electron chi connectivity index (χ3n) is 6.73. The molecule has 0 saturated carbocycles. The van der Waals surface area contributed by atoms with Crippen molar-refractivity contribution in [2.24, 2.45) is 5.92 Å². The van der Waals surface area contributed by atoms with Crippen molar-refractivity contribution in [2.75, 3.05) is 56.4 Å². The number of hydrogen-bond acceptors (Lipinski definition) is 5. The van der Waals surface area contributed by atoms with Gasteiger partial charge in [-0.2, -0.15) is 0 Å². The van der Waals surface area contributed by atoms with Crippen molar-refractivity contribution in [1.29, 1.82) is 0 Å². The quantitative estimate of drug-likeness (QED) is 0.778. The van der Waals surface area contributed by atoms with Crippen molar-refractivity contribution < 1.29 is 5.11 Å². The number of nitrogen functional groups attached to an aromatic ring is 1. The van der Waals surface area contributed by atoms with Crippen molar-refractivity contribution in [1.82, 2.24) is 9.80 Å². The van der Waals surface area contributed by atoms with Gasteiger partial charge in [0.2, 0.25) is 0 Å². The van der Waals surface area contributed by atoms with Crippen LogP contribution >= 0.6 is 0 Å². The minimum atomic E-state index is -0.109. The number of piperidine rings is 2. The number of aliphatic hydroxyl groups is 1. The van der Waals surface area contributed by atoms with Crippen LogP contribution in [0.1, 0.15) is 44.1 Å². The Balaban J connectivity index is 1.29. The molecule has 0 atom stereocenters. The number of hydrogen-bond donors (Lipinski definition) is 2. The second-order valence-corrected chi connectivity index (χ2v) is 8.84. The lowest BCUT2D eigenvalue weighted by molar-refractivity contribution is 0.0792. The van der Waals surface area contributed by atoms with E-state index in [1.54, 1.807) is 0 Å². The first-order valence-electron chi connectivity index (χ1n) is 10.9. The summed E-state index contributed by atoms with van der Waals surface area (Å²) >= 11 is 0. The van der Waals surface area contributed by atoms with Gasteiger partial charge in [-0.3, -0.25) is 4.90 Å². The Labute approximate surface area is 164 Å². The number of aliphatic hydroxyl groups excluding tert-OH is 1. The highest BCUT2D eigenvalue weighted by molar-refractivity contribution is 5.68.